The number of ether oxygens (including phenoxy) is 1. The highest BCUT2D eigenvalue weighted by molar-refractivity contribution is 6.18. The van der Waals surface area contributed by atoms with Crippen LogP contribution >= 0.6 is 11.6 Å². The number of hydrogen-bond donors (Lipinski definition) is 1. The number of nitrogens with one attached hydrogen (secondary N) is 1. The van der Waals surface area contributed by atoms with E-state index in [1.165, 1.54) is 5.56 Å². The molecule has 88 valence electrons. The molecule has 0 atom stereocenters. The van der Waals surface area contributed by atoms with Crippen molar-refractivity contribution in [2.45, 2.75) is 6.42 Å². The van der Waals surface area contributed by atoms with E-state index >= 15 is 0 Å². The second-order valence-corrected chi connectivity index (χ2v) is 3.70. The van der Waals surface area contributed by atoms with Crippen molar-refractivity contribution in [3.8, 4) is 5.75 Å². The number of benzene rings is 1. The maximum absolute atomic E-state index is 5.52. The Labute approximate surface area is 102 Å². The minimum atomic E-state index is 0.578. The lowest BCUT2D eigenvalue weighted by Crippen LogP contribution is -2.17. The predicted molar refractivity (Wildman–Crippen MR) is 69.4 cm³/mol. The monoisotopic (exact) mass is 239 g/mol. The molecule has 0 bridgehead atoms. The van der Waals surface area contributed by atoms with E-state index in [0.29, 0.717) is 5.88 Å². The first kappa shape index (κ1) is 13.1. The fourth-order valence-corrected chi connectivity index (χ4v) is 1.59. The van der Waals surface area contributed by atoms with Crippen LogP contribution in [0.2, 0.25) is 0 Å². The Balaban J connectivity index is 2.28. The topological polar surface area (TPSA) is 21.3 Å². The van der Waals surface area contributed by atoms with Crippen LogP contribution in [0.3, 0.4) is 0 Å². The summed E-state index contributed by atoms with van der Waals surface area (Å²) < 4.78 is 5.28. The smallest absolute Gasteiger partial charge is 0.122 e. The molecule has 0 fully saturated rings. The van der Waals surface area contributed by atoms with E-state index in [1.807, 2.05) is 30.4 Å². The van der Waals surface area contributed by atoms with Crippen molar-refractivity contribution in [1.82, 2.24) is 5.32 Å². The molecule has 2 nitrogen and oxygen atoms in total. The molecule has 0 aliphatic rings. The van der Waals surface area contributed by atoms with Crippen molar-refractivity contribution in [2.75, 3.05) is 26.1 Å². The maximum Gasteiger partial charge on any atom is 0.122 e. The SMILES string of the molecule is COc1ccccc1CCNC/C=C/CCl. The van der Waals surface area contributed by atoms with E-state index in [1.54, 1.807) is 7.11 Å². The third-order valence-corrected chi connectivity index (χ3v) is 2.46. The Hall–Kier alpha value is -0.990. The summed E-state index contributed by atoms with van der Waals surface area (Å²) in [6.45, 7) is 1.80. The first-order valence-corrected chi connectivity index (χ1v) is 5.95. The third-order valence-electron chi connectivity index (χ3n) is 2.28. The van der Waals surface area contributed by atoms with Gasteiger partial charge in [-0.3, -0.25) is 0 Å². The normalized spacial score (nSPS) is 10.9. The van der Waals surface area contributed by atoms with Gasteiger partial charge in [-0.1, -0.05) is 30.4 Å². The number of hydrogen-bond acceptors (Lipinski definition) is 2. The number of alkyl halides is 1. The van der Waals surface area contributed by atoms with E-state index in [2.05, 4.69) is 11.4 Å². The van der Waals surface area contributed by atoms with E-state index in [9.17, 15) is 0 Å². The predicted octanol–water partition coefficient (Wildman–Crippen LogP) is 2.62. The molecule has 0 aliphatic heterocycles. The molecule has 0 saturated carbocycles. The van der Waals surface area contributed by atoms with Crippen molar-refractivity contribution in [2.24, 2.45) is 0 Å². The molecule has 0 aromatic heterocycles. The van der Waals surface area contributed by atoms with Gasteiger partial charge < -0.3 is 10.1 Å². The van der Waals surface area contributed by atoms with Gasteiger partial charge >= 0.3 is 0 Å². The van der Waals surface area contributed by atoms with Gasteiger partial charge in [-0.25, -0.2) is 0 Å². The first-order valence-electron chi connectivity index (χ1n) is 5.42. The molecular weight excluding hydrogens is 222 g/mol. The minimum Gasteiger partial charge on any atom is -0.496 e. The van der Waals surface area contributed by atoms with Gasteiger partial charge in [-0.05, 0) is 24.6 Å². The second kappa shape index (κ2) is 8.20. The zero-order valence-corrected chi connectivity index (χ0v) is 10.3. The molecule has 16 heavy (non-hydrogen) atoms. The molecular formula is C13H18ClNO. The maximum atomic E-state index is 5.52. The highest BCUT2D eigenvalue weighted by atomic mass is 35.5. The van der Waals surface area contributed by atoms with Crippen molar-refractivity contribution >= 4 is 11.6 Å². The summed E-state index contributed by atoms with van der Waals surface area (Å²) in [5.41, 5.74) is 1.24. The molecule has 1 N–H and O–H groups in total. The van der Waals surface area contributed by atoms with Crippen LogP contribution in [0.25, 0.3) is 0 Å². The Kier molecular flexibility index (Phi) is 6.70. The van der Waals surface area contributed by atoms with Crippen molar-refractivity contribution in [3.63, 3.8) is 0 Å². The quantitative estimate of drug-likeness (QED) is 0.449. The Morgan fingerprint density at radius 3 is 2.88 bits per heavy atom. The molecule has 0 amide bonds. The average Bonchev–Trinajstić information content (AvgIpc) is 2.34. The number of allylic oxidation sites excluding steroid dienone is 1. The van der Waals surface area contributed by atoms with Gasteiger partial charge in [0.2, 0.25) is 0 Å². The van der Waals surface area contributed by atoms with E-state index < -0.39 is 0 Å². The summed E-state index contributed by atoms with van der Waals surface area (Å²) in [5.74, 6) is 1.54. The molecule has 1 aromatic carbocycles. The Bertz CT molecular complexity index is 325. The largest absolute Gasteiger partial charge is 0.496 e. The zero-order valence-electron chi connectivity index (χ0n) is 9.58. The highest BCUT2D eigenvalue weighted by Crippen LogP contribution is 2.16. The number of halogens is 1. The average molecular weight is 240 g/mol. The summed E-state index contributed by atoms with van der Waals surface area (Å²) in [5, 5.41) is 3.32. The van der Waals surface area contributed by atoms with Crippen molar-refractivity contribution < 1.29 is 4.74 Å². The Morgan fingerprint density at radius 2 is 2.12 bits per heavy atom. The number of para-hydroxylation sites is 1. The van der Waals surface area contributed by atoms with Gasteiger partial charge in [0.15, 0.2) is 0 Å². The molecule has 3 heteroatoms. The third kappa shape index (κ3) is 4.69. The summed E-state index contributed by atoms with van der Waals surface area (Å²) in [6.07, 6.45) is 4.95. The lowest BCUT2D eigenvalue weighted by Gasteiger charge is -2.07. The van der Waals surface area contributed by atoms with Crippen molar-refractivity contribution in [3.05, 3.63) is 42.0 Å². The fraction of sp³-hybridized carbons (Fsp3) is 0.385. The molecule has 0 spiro atoms. The van der Waals surface area contributed by atoms with Crippen LogP contribution in [-0.4, -0.2) is 26.1 Å². The fourth-order valence-electron chi connectivity index (χ4n) is 1.46. The summed E-state index contributed by atoms with van der Waals surface area (Å²) in [6, 6.07) is 8.10. The van der Waals surface area contributed by atoms with Gasteiger partial charge in [-0.15, -0.1) is 11.6 Å². The van der Waals surface area contributed by atoms with Crippen LogP contribution in [-0.2, 0) is 6.42 Å². The van der Waals surface area contributed by atoms with Crippen LogP contribution in [0.5, 0.6) is 5.75 Å². The zero-order chi connectivity index (χ0) is 11.6. The minimum absolute atomic E-state index is 0.578. The van der Waals surface area contributed by atoms with Crippen LogP contribution in [0.4, 0.5) is 0 Å². The standard InChI is InChI=1S/C13H18ClNO/c1-16-13-7-3-2-6-12(13)8-11-15-10-5-4-9-14/h2-7,15H,8-11H2,1H3/b5-4+. The number of rotatable bonds is 7. The lowest BCUT2D eigenvalue weighted by atomic mass is 10.1. The van der Waals surface area contributed by atoms with E-state index in [4.69, 9.17) is 16.3 Å². The highest BCUT2D eigenvalue weighted by Gasteiger charge is 1.99. The van der Waals surface area contributed by atoms with E-state index in [-0.39, 0.29) is 0 Å². The van der Waals surface area contributed by atoms with Gasteiger partial charge in [-0.2, -0.15) is 0 Å². The lowest BCUT2D eigenvalue weighted by molar-refractivity contribution is 0.409. The molecule has 1 aromatic rings. The van der Waals surface area contributed by atoms with Gasteiger partial charge in [0.25, 0.3) is 0 Å². The molecule has 1 rings (SSSR count). The first-order chi connectivity index (χ1) is 7.88. The van der Waals surface area contributed by atoms with Gasteiger partial charge in [0.05, 0.1) is 7.11 Å². The molecule has 0 unspecified atom stereocenters. The number of methoxy groups -OCH3 is 1. The summed E-state index contributed by atoms with van der Waals surface area (Å²) >= 11 is 5.52. The Morgan fingerprint density at radius 1 is 1.31 bits per heavy atom. The molecule has 0 radical (unpaired) electrons. The molecule has 0 saturated heterocycles. The van der Waals surface area contributed by atoms with Crippen molar-refractivity contribution in [1.29, 1.82) is 0 Å². The summed E-state index contributed by atoms with van der Waals surface area (Å²) in [7, 11) is 1.70. The van der Waals surface area contributed by atoms with E-state index in [0.717, 1.165) is 25.3 Å². The molecule has 0 aliphatic carbocycles. The van der Waals surface area contributed by atoms with Crippen LogP contribution in [0, 0.1) is 0 Å². The van der Waals surface area contributed by atoms with Crippen LogP contribution in [0.15, 0.2) is 36.4 Å². The van der Waals surface area contributed by atoms with Crippen LogP contribution in [0.1, 0.15) is 5.56 Å². The second-order valence-electron chi connectivity index (χ2n) is 3.39. The summed E-state index contributed by atoms with van der Waals surface area (Å²) in [4.78, 5) is 0. The molecule has 0 heterocycles. The van der Waals surface area contributed by atoms with Gasteiger partial charge in [0.1, 0.15) is 5.75 Å². The van der Waals surface area contributed by atoms with Gasteiger partial charge in [0, 0.05) is 12.4 Å². The van der Waals surface area contributed by atoms with Crippen LogP contribution < -0.4 is 10.1 Å².